The van der Waals surface area contributed by atoms with E-state index in [0.717, 1.165) is 29.7 Å². The van der Waals surface area contributed by atoms with Gasteiger partial charge in [-0.05, 0) is 49.1 Å². The van der Waals surface area contributed by atoms with Crippen LogP contribution < -0.4 is 16.0 Å². The van der Waals surface area contributed by atoms with Gasteiger partial charge in [-0.25, -0.2) is 0 Å². The lowest BCUT2D eigenvalue weighted by atomic mass is 10.1. The molecular formula is C19H31IN4OS. The molecule has 1 saturated carbocycles. The molecule has 1 aromatic rings. The molecule has 0 aromatic heterocycles. The molecule has 1 aromatic carbocycles. The number of carbonyl (C=O) groups excluding carboxylic acids is 1. The zero-order valence-electron chi connectivity index (χ0n) is 15.9. The number of nitrogens with one attached hydrogen (secondary N) is 3. The Morgan fingerprint density at radius 1 is 1.35 bits per heavy atom. The van der Waals surface area contributed by atoms with E-state index in [1.807, 2.05) is 31.3 Å². The molecule has 0 saturated heterocycles. The van der Waals surface area contributed by atoms with Gasteiger partial charge in [0.15, 0.2) is 5.96 Å². The second-order valence-corrected chi connectivity index (χ2v) is 7.84. The average molecular weight is 490 g/mol. The molecule has 1 fully saturated rings. The summed E-state index contributed by atoms with van der Waals surface area (Å²) < 4.78 is 0. The Morgan fingerprint density at radius 2 is 2.15 bits per heavy atom. The van der Waals surface area contributed by atoms with Gasteiger partial charge in [-0.2, -0.15) is 11.8 Å². The molecular weight excluding hydrogens is 459 g/mol. The fourth-order valence-corrected chi connectivity index (χ4v) is 4.33. The maximum absolute atomic E-state index is 11.7. The Morgan fingerprint density at radius 3 is 2.85 bits per heavy atom. The van der Waals surface area contributed by atoms with Crippen LogP contribution in [0.15, 0.2) is 29.3 Å². The number of rotatable bonds is 7. The predicted octanol–water partition coefficient (Wildman–Crippen LogP) is 3.05. The standard InChI is InChI=1S/C19H30N4OS.HI/c1-4-25-17-9-8-16(13-17)23-19(21-3)22-11-10-14-6-5-7-15(12-14)18(24)20-2;/h5-7,12,16-17H,4,8-11,13H2,1-3H3,(H,20,24)(H2,21,22,23);1H. The van der Waals surface area contributed by atoms with Crippen LogP contribution >= 0.6 is 35.7 Å². The van der Waals surface area contributed by atoms with Crippen molar-refractivity contribution in [2.75, 3.05) is 26.4 Å². The van der Waals surface area contributed by atoms with E-state index in [9.17, 15) is 4.79 Å². The van der Waals surface area contributed by atoms with Crippen LogP contribution in [-0.4, -0.2) is 49.6 Å². The third-order valence-corrected chi connectivity index (χ3v) is 5.71. The fraction of sp³-hybridized carbons (Fsp3) is 0.579. The van der Waals surface area contributed by atoms with Crippen molar-refractivity contribution in [2.24, 2.45) is 4.99 Å². The topological polar surface area (TPSA) is 65.5 Å². The van der Waals surface area contributed by atoms with E-state index in [0.29, 0.717) is 11.6 Å². The van der Waals surface area contributed by atoms with Gasteiger partial charge in [-0.1, -0.05) is 19.1 Å². The predicted molar refractivity (Wildman–Crippen MR) is 123 cm³/mol. The van der Waals surface area contributed by atoms with Crippen LogP contribution in [0.1, 0.15) is 42.1 Å². The maximum atomic E-state index is 11.7. The molecule has 0 radical (unpaired) electrons. The van der Waals surface area contributed by atoms with E-state index < -0.39 is 0 Å². The summed E-state index contributed by atoms with van der Waals surface area (Å²) in [6.45, 7) is 3.02. The maximum Gasteiger partial charge on any atom is 0.251 e. The van der Waals surface area contributed by atoms with Gasteiger partial charge in [0.1, 0.15) is 0 Å². The normalized spacial score (nSPS) is 19.6. The van der Waals surface area contributed by atoms with E-state index in [1.54, 1.807) is 7.05 Å². The number of benzene rings is 1. The van der Waals surface area contributed by atoms with Gasteiger partial charge in [-0.3, -0.25) is 9.79 Å². The Kier molecular flexibility index (Phi) is 11.0. The molecule has 0 heterocycles. The van der Waals surface area contributed by atoms with Crippen LogP contribution in [-0.2, 0) is 6.42 Å². The molecule has 146 valence electrons. The van der Waals surface area contributed by atoms with Crippen molar-refractivity contribution in [3.8, 4) is 0 Å². The van der Waals surface area contributed by atoms with Crippen molar-refractivity contribution in [3.05, 3.63) is 35.4 Å². The number of thioether (sulfide) groups is 1. The minimum Gasteiger partial charge on any atom is -0.356 e. The summed E-state index contributed by atoms with van der Waals surface area (Å²) in [7, 11) is 3.47. The van der Waals surface area contributed by atoms with E-state index in [1.165, 1.54) is 25.0 Å². The van der Waals surface area contributed by atoms with Gasteiger partial charge in [0.25, 0.3) is 5.91 Å². The smallest absolute Gasteiger partial charge is 0.251 e. The first-order valence-electron chi connectivity index (χ1n) is 9.06. The first-order valence-corrected chi connectivity index (χ1v) is 10.1. The lowest BCUT2D eigenvalue weighted by Gasteiger charge is -2.17. The van der Waals surface area contributed by atoms with Gasteiger partial charge < -0.3 is 16.0 Å². The van der Waals surface area contributed by atoms with Gasteiger partial charge in [-0.15, -0.1) is 24.0 Å². The summed E-state index contributed by atoms with van der Waals surface area (Å²) in [5, 5.41) is 10.4. The summed E-state index contributed by atoms with van der Waals surface area (Å²) in [5.41, 5.74) is 1.84. The monoisotopic (exact) mass is 490 g/mol. The number of carbonyl (C=O) groups is 1. The molecule has 1 aliphatic rings. The van der Waals surface area contributed by atoms with Crippen molar-refractivity contribution < 1.29 is 4.79 Å². The second-order valence-electron chi connectivity index (χ2n) is 6.26. The van der Waals surface area contributed by atoms with E-state index in [-0.39, 0.29) is 29.9 Å². The number of aliphatic imine (C=N–C) groups is 1. The van der Waals surface area contributed by atoms with Crippen molar-refractivity contribution in [3.63, 3.8) is 0 Å². The lowest BCUT2D eigenvalue weighted by Crippen LogP contribution is -2.43. The molecule has 1 aliphatic carbocycles. The Bertz CT molecular complexity index is 597. The molecule has 0 bridgehead atoms. The van der Waals surface area contributed by atoms with Crippen molar-refractivity contribution in [1.29, 1.82) is 0 Å². The van der Waals surface area contributed by atoms with Crippen molar-refractivity contribution in [2.45, 2.75) is 43.9 Å². The zero-order valence-corrected chi connectivity index (χ0v) is 19.0. The van der Waals surface area contributed by atoms with Gasteiger partial charge in [0, 0.05) is 37.5 Å². The molecule has 26 heavy (non-hydrogen) atoms. The molecule has 0 spiro atoms. The van der Waals surface area contributed by atoms with Crippen LogP contribution in [0.5, 0.6) is 0 Å². The molecule has 2 unspecified atom stereocenters. The van der Waals surface area contributed by atoms with Gasteiger partial charge >= 0.3 is 0 Å². The zero-order chi connectivity index (χ0) is 18.1. The number of halogens is 1. The van der Waals surface area contributed by atoms with Crippen molar-refractivity contribution in [1.82, 2.24) is 16.0 Å². The van der Waals surface area contributed by atoms with E-state index in [2.05, 4.69) is 39.6 Å². The molecule has 1 amide bonds. The highest BCUT2D eigenvalue weighted by Crippen LogP contribution is 2.29. The number of amides is 1. The van der Waals surface area contributed by atoms with Crippen molar-refractivity contribution >= 4 is 47.6 Å². The molecule has 7 heteroatoms. The highest BCUT2D eigenvalue weighted by atomic mass is 127. The quantitative estimate of drug-likeness (QED) is 0.313. The minimum absolute atomic E-state index is 0. The van der Waals surface area contributed by atoms with Gasteiger partial charge in [0.05, 0.1) is 0 Å². The molecule has 3 N–H and O–H groups in total. The van der Waals surface area contributed by atoms with Crippen LogP contribution in [0.3, 0.4) is 0 Å². The number of hydrogen-bond acceptors (Lipinski definition) is 3. The Balaban J connectivity index is 0.00000338. The third-order valence-electron chi connectivity index (χ3n) is 4.47. The SMILES string of the molecule is CCSC1CCC(NC(=NC)NCCc2cccc(C(=O)NC)c2)C1.I. The lowest BCUT2D eigenvalue weighted by molar-refractivity contribution is 0.0963. The molecule has 5 nitrogen and oxygen atoms in total. The summed E-state index contributed by atoms with van der Waals surface area (Å²) >= 11 is 2.06. The first kappa shape index (κ1) is 23.1. The summed E-state index contributed by atoms with van der Waals surface area (Å²) in [6.07, 6.45) is 4.57. The molecule has 2 atom stereocenters. The fourth-order valence-electron chi connectivity index (χ4n) is 3.18. The number of guanidine groups is 1. The van der Waals surface area contributed by atoms with E-state index >= 15 is 0 Å². The van der Waals surface area contributed by atoms with Crippen LogP contribution in [0.4, 0.5) is 0 Å². The summed E-state index contributed by atoms with van der Waals surface area (Å²) in [4.78, 5) is 16.0. The summed E-state index contributed by atoms with van der Waals surface area (Å²) in [6, 6.07) is 8.28. The van der Waals surface area contributed by atoms with E-state index in [4.69, 9.17) is 0 Å². The largest absolute Gasteiger partial charge is 0.356 e. The Hall–Kier alpha value is -0.960. The minimum atomic E-state index is -0.0481. The number of hydrogen-bond donors (Lipinski definition) is 3. The molecule has 2 rings (SSSR count). The Labute approximate surface area is 178 Å². The highest BCUT2D eigenvalue weighted by Gasteiger charge is 2.24. The number of nitrogens with zero attached hydrogens (tertiary/aromatic N) is 1. The third kappa shape index (κ3) is 7.34. The summed E-state index contributed by atoms with van der Waals surface area (Å²) in [5.74, 6) is 2.02. The average Bonchev–Trinajstić information content (AvgIpc) is 3.07. The second kappa shape index (κ2) is 12.4. The van der Waals surface area contributed by atoms with Crippen LogP contribution in [0, 0.1) is 0 Å². The molecule has 0 aliphatic heterocycles. The van der Waals surface area contributed by atoms with Crippen LogP contribution in [0.2, 0.25) is 0 Å². The first-order chi connectivity index (χ1) is 12.2. The van der Waals surface area contributed by atoms with Crippen LogP contribution in [0.25, 0.3) is 0 Å². The van der Waals surface area contributed by atoms with Gasteiger partial charge in [0.2, 0.25) is 0 Å². The highest BCUT2D eigenvalue weighted by molar-refractivity contribution is 14.0.